The largest absolute Gasteiger partial charge is 0.387 e. The molecule has 2 bridgehead atoms. The second kappa shape index (κ2) is 3.92. The van der Waals surface area contributed by atoms with Gasteiger partial charge in [-0.25, -0.2) is 0 Å². The molecular weight excluding hydrogens is 172 g/mol. The van der Waals surface area contributed by atoms with Gasteiger partial charge in [-0.3, -0.25) is 5.41 Å². The fourth-order valence-corrected chi connectivity index (χ4v) is 3.58. The van der Waals surface area contributed by atoms with Crippen LogP contribution in [0, 0.1) is 29.1 Å². The van der Waals surface area contributed by atoms with Crippen molar-refractivity contribution >= 4 is 5.84 Å². The maximum Gasteiger partial charge on any atom is 0.0937 e. The fraction of sp³-hybridized carbons (Fsp3) is 0.917. The second-order valence-corrected chi connectivity index (χ2v) is 5.34. The summed E-state index contributed by atoms with van der Waals surface area (Å²) in [6, 6.07) is 0. The van der Waals surface area contributed by atoms with Crippen LogP contribution in [0.3, 0.4) is 0 Å². The number of hydrogen-bond acceptors (Lipinski definition) is 1. The van der Waals surface area contributed by atoms with Crippen molar-refractivity contribution in [3.63, 3.8) is 0 Å². The molecule has 2 fully saturated rings. The Morgan fingerprint density at radius 2 is 1.71 bits per heavy atom. The second-order valence-electron chi connectivity index (χ2n) is 5.34. The number of rotatable bonds is 2. The number of fused-ring (bicyclic) bond motifs is 2. The van der Waals surface area contributed by atoms with Gasteiger partial charge in [0.1, 0.15) is 0 Å². The lowest BCUT2D eigenvalue weighted by Crippen LogP contribution is -2.36. The van der Waals surface area contributed by atoms with E-state index in [0.29, 0.717) is 11.8 Å². The van der Waals surface area contributed by atoms with Crippen LogP contribution < -0.4 is 5.73 Å². The first kappa shape index (κ1) is 10.0. The minimum absolute atomic E-state index is 0.413. The maximum absolute atomic E-state index is 7.54. The number of hydrogen-bond donors (Lipinski definition) is 2. The van der Waals surface area contributed by atoms with E-state index in [2.05, 4.69) is 6.92 Å². The van der Waals surface area contributed by atoms with Gasteiger partial charge in [-0.2, -0.15) is 0 Å². The van der Waals surface area contributed by atoms with Crippen LogP contribution in [-0.4, -0.2) is 5.84 Å². The Labute approximate surface area is 86.8 Å². The molecule has 0 aromatic carbocycles. The van der Waals surface area contributed by atoms with Crippen LogP contribution in [0.25, 0.3) is 0 Å². The molecule has 0 heterocycles. The van der Waals surface area contributed by atoms with E-state index >= 15 is 0 Å². The molecule has 0 saturated heterocycles. The highest BCUT2D eigenvalue weighted by molar-refractivity contribution is 5.79. The van der Waals surface area contributed by atoms with Crippen LogP contribution in [0.4, 0.5) is 0 Å². The summed E-state index contributed by atoms with van der Waals surface area (Å²) in [4.78, 5) is 0. The summed E-state index contributed by atoms with van der Waals surface area (Å²) in [6.07, 6.45) is 7.95. The molecular formula is C12H22N2. The van der Waals surface area contributed by atoms with E-state index in [1.807, 2.05) is 0 Å². The third-order valence-electron chi connectivity index (χ3n) is 4.25. The summed E-state index contributed by atoms with van der Waals surface area (Å²) in [5.74, 6) is 3.57. The number of nitrogens with two attached hydrogens (primary N) is 1. The minimum atomic E-state index is 0.413. The molecule has 0 aromatic rings. The molecule has 0 amide bonds. The zero-order valence-corrected chi connectivity index (χ0v) is 9.13. The molecule has 2 saturated carbocycles. The zero-order chi connectivity index (χ0) is 10.1. The highest BCUT2D eigenvalue weighted by Crippen LogP contribution is 2.45. The van der Waals surface area contributed by atoms with Gasteiger partial charge < -0.3 is 5.73 Å². The van der Waals surface area contributed by atoms with Gasteiger partial charge in [0.25, 0.3) is 0 Å². The summed E-state index contributed by atoms with van der Waals surface area (Å²) in [5, 5.41) is 7.54. The summed E-state index contributed by atoms with van der Waals surface area (Å²) in [7, 11) is 0. The average Bonchev–Trinajstić information content (AvgIpc) is 2.16. The molecule has 2 heteroatoms. The van der Waals surface area contributed by atoms with Gasteiger partial charge in [-0.1, -0.05) is 13.3 Å². The highest BCUT2D eigenvalue weighted by atomic mass is 14.7. The Bertz CT molecular complexity index is 210. The molecule has 0 spiro atoms. The first-order valence-corrected chi connectivity index (χ1v) is 6.03. The Morgan fingerprint density at radius 1 is 1.14 bits per heavy atom. The summed E-state index contributed by atoms with van der Waals surface area (Å²) in [5.41, 5.74) is 5.62. The molecule has 80 valence electrons. The zero-order valence-electron chi connectivity index (χ0n) is 9.13. The van der Waals surface area contributed by atoms with Crippen LogP contribution in [0.5, 0.6) is 0 Å². The van der Waals surface area contributed by atoms with Gasteiger partial charge in [0.2, 0.25) is 0 Å². The molecule has 2 rings (SSSR count). The highest BCUT2D eigenvalue weighted by Gasteiger charge is 2.36. The van der Waals surface area contributed by atoms with Crippen molar-refractivity contribution in [3.8, 4) is 0 Å². The Morgan fingerprint density at radius 3 is 2.14 bits per heavy atom. The van der Waals surface area contributed by atoms with E-state index in [9.17, 15) is 0 Å². The molecule has 2 unspecified atom stereocenters. The normalized spacial score (nSPS) is 42.1. The quantitative estimate of drug-likeness (QED) is 0.515. The predicted octanol–water partition coefficient (Wildman–Crippen LogP) is 2.77. The molecule has 14 heavy (non-hydrogen) atoms. The van der Waals surface area contributed by atoms with Gasteiger partial charge in [0.05, 0.1) is 5.84 Å². The Kier molecular flexibility index (Phi) is 2.80. The third-order valence-corrected chi connectivity index (χ3v) is 4.25. The van der Waals surface area contributed by atoms with Gasteiger partial charge >= 0.3 is 0 Å². The number of amidine groups is 1. The maximum atomic E-state index is 7.54. The van der Waals surface area contributed by atoms with Crippen molar-refractivity contribution < 1.29 is 0 Å². The van der Waals surface area contributed by atoms with E-state index in [-0.39, 0.29) is 0 Å². The standard InChI is InChI=1S/C12H22N2/c1-2-8-3-9-5-10(4-8)7-11(6-9)12(13)14/h8-11H,2-7H2,1H3,(H3,13,14). The van der Waals surface area contributed by atoms with Crippen molar-refractivity contribution in [2.45, 2.75) is 45.4 Å². The molecule has 2 aliphatic rings. The topological polar surface area (TPSA) is 49.9 Å². The Hall–Kier alpha value is -0.530. The van der Waals surface area contributed by atoms with E-state index < -0.39 is 0 Å². The molecule has 2 atom stereocenters. The first-order valence-electron chi connectivity index (χ1n) is 6.03. The average molecular weight is 194 g/mol. The lowest BCUT2D eigenvalue weighted by molar-refractivity contribution is 0.116. The Balaban J connectivity index is 1.98. The molecule has 3 N–H and O–H groups in total. The monoisotopic (exact) mass is 194 g/mol. The van der Waals surface area contributed by atoms with E-state index in [0.717, 1.165) is 17.8 Å². The molecule has 2 nitrogen and oxygen atoms in total. The van der Waals surface area contributed by atoms with Crippen molar-refractivity contribution in [3.05, 3.63) is 0 Å². The van der Waals surface area contributed by atoms with Crippen LogP contribution in [-0.2, 0) is 0 Å². The molecule has 0 aromatic heterocycles. The SMILES string of the molecule is CCC1CC2CC(C1)CC(C(=N)N)C2. The molecule has 0 aliphatic heterocycles. The van der Waals surface area contributed by atoms with Gasteiger partial charge in [0.15, 0.2) is 0 Å². The summed E-state index contributed by atoms with van der Waals surface area (Å²) >= 11 is 0. The van der Waals surface area contributed by atoms with Crippen molar-refractivity contribution in [1.82, 2.24) is 0 Å². The first-order chi connectivity index (χ1) is 6.69. The van der Waals surface area contributed by atoms with Crippen molar-refractivity contribution in [2.24, 2.45) is 29.4 Å². The van der Waals surface area contributed by atoms with E-state index in [4.69, 9.17) is 11.1 Å². The smallest absolute Gasteiger partial charge is 0.0937 e. The number of nitrogens with one attached hydrogen (secondary N) is 1. The van der Waals surface area contributed by atoms with Crippen LogP contribution >= 0.6 is 0 Å². The minimum Gasteiger partial charge on any atom is -0.387 e. The van der Waals surface area contributed by atoms with Crippen molar-refractivity contribution in [1.29, 1.82) is 5.41 Å². The van der Waals surface area contributed by atoms with E-state index in [1.165, 1.54) is 38.5 Å². The van der Waals surface area contributed by atoms with Crippen LogP contribution in [0.2, 0.25) is 0 Å². The fourth-order valence-electron chi connectivity index (χ4n) is 3.58. The van der Waals surface area contributed by atoms with Crippen LogP contribution in [0.15, 0.2) is 0 Å². The van der Waals surface area contributed by atoms with E-state index in [1.54, 1.807) is 0 Å². The summed E-state index contributed by atoms with van der Waals surface area (Å²) in [6.45, 7) is 2.31. The lowest BCUT2D eigenvalue weighted by atomic mass is 9.64. The van der Waals surface area contributed by atoms with Crippen LogP contribution in [0.1, 0.15) is 45.4 Å². The lowest BCUT2D eigenvalue weighted by Gasteiger charge is -2.42. The van der Waals surface area contributed by atoms with Gasteiger partial charge in [-0.15, -0.1) is 0 Å². The molecule has 0 radical (unpaired) electrons. The molecule has 2 aliphatic carbocycles. The van der Waals surface area contributed by atoms with Gasteiger partial charge in [0, 0.05) is 5.92 Å². The predicted molar refractivity (Wildman–Crippen MR) is 59.3 cm³/mol. The van der Waals surface area contributed by atoms with Crippen molar-refractivity contribution in [2.75, 3.05) is 0 Å². The van der Waals surface area contributed by atoms with Gasteiger partial charge in [-0.05, 0) is 49.9 Å². The third kappa shape index (κ3) is 1.94. The summed E-state index contributed by atoms with van der Waals surface area (Å²) < 4.78 is 0.